The van der Waals surface area contributed by atoms with Crippen molar-refractivity contribution in [2.24, 2.45) is 0 Å². The molecule has 0 fully saturated rings. The van der Waals surface area contributed by atoms with Gasteiger partial charge < -0.3 is 14.2 Å². The molecule has 6 nitrogen and oxygen atoms in total. The van der Waals surface area contributed by atoms with Gasteiger partial charge in [0.15, 0.2) is 11.5 Å². The number of halogens is 1. The Hall–Kier alpha value is -2.99. The van der Waals surface area contributed by atoms with Crippen LogP contribution in [0.1, 0.15) is 11.1 Å². The molecule has 0 saturated heterocycles. The molecule has 0 N–H and O–H groups in total. The summed E-state index contributed by atoms with van der Waals surface area (Å²) in [6, 6.07) is 12.0. The molecule has 0 saturated carbocycles. The maximum Gasteiger partial charge on any atom is 0.273 e. The van der Waals surface area contributed by atoms with E-state index in [-0.39, 0.29) is 17.2 Å². The van der Waals surface area contributed by atoms with Crippen LogP contribution >= 0.6 is 11.6 Å². The van der Waals surface area contributed by atoms with Crippen LogP contribution < -0.4 is 14.2 Å². The van der Waals surface area contributed by atoms with Crippen molar-refractivity contribution < 1.29 is 23.8 Å². The zero-order chi connectivity index (χ0) is 19.6. The standard InChI is InChI=1S/C20H18ClNO5/c1-25-14-7-5-13(6-8-14)17-18(21)20(24)22(19(17)23)11-12-4-9-15(26-2)16(10-12)27-3/h4-10H,11H2,1-3H3. The lowest BCUT2D eigenvalue weighted by Gasteiger charge is -2.16. The number of carbonyl (C=O) groups is 2. The monoisotopic (exact) mass is 387 g/mol. The van der Waals surface area contributed by atoms with Gasteiger partial charge in [-0.15, -0.1) is 0 Å². The molecule has 1 aliphatic rings. The van der Waals surface area contributed by atoms with Crippen molar-refractivity contribution in [3.63, 3.8) is 0 Å². The van der Waals surface area contributed by atoms with E-state index >= 15 is 0 Å². The summed E-state index contributed by atoms with van der Waals surface area (Å²) in [6.45, 7) is 0.0773. The Bertz CT molecular complexity index is 920. The topological polar surface area (TPSA) is 65.1 Å². The largest absolute Gasteiger partial charge is 0.497 e. The molecule has 0 atom stereocenters. The first kappa shape index (κ1) is 18.8. The van der Waals surface area contributed by atoms with E-state index < -0.39 is 11.8 Å². The summed E-state index contributed by atoms with van der Waals surface area (Å²) in [5.74, 6) is 0.764. The fourth-order valence-electron chi connectivity index (χ4n) is 2.86. The van der Waals surface area contributed by atoms with Gasteiger partial charge in [0.05, 0.1) is 33.4 Å². The van der Waals surface area contributed by atoms with E-state index in [4.69, 9.17) is 25.8 Å². The summed E-state index contributed by atoms with van der Waals surface area (Å²) in [6.07, 6.45) is 0. The summed E-state index contributed by atoms with van der Waals surface area (Å²) < 4.78 is 15.6. The molecule has 2 aromatic carbocycles. The van der Waals surface area contributed by atoms with Crippen LogP contribution in [0.4, 0.5) is 0 Å². The van der Waals surface area contributed by atoms with Crippen LogP contribution in [-0.4, -0.2) is 38.0 Å². The van der Waals surface area contributed by atoms with Gasteiger partial charge in [-0.2, -0.15) is 0 Å². The van der Waals surface area contributed by atoms with Crippen LogP contribution in [0.25, 0.3) is 5.57 Å². The molecule has 27 heavy (non-hydrogen) atoms. The van der Waals surface area contributed by atoms with Crippen LogP contribution in [0.15, 0.2) is 47.5 Å². The molecular weight excluding hydrogens is 370 g/mol. The zero-order valence-corrected chi connectivity index (χ0v) is 15.9. The van der Waals surface area contributed by atoms with Crippen molar-refractivity contribution in [3.05, 3.63) is 58.6 Å². The molecule has 0 bridgehead atoms. The number of nitrogens with zero attached hydrogens (tertiary/aromatic N) is 1. The number of carbonyl (C=O) groups excluding carboxylic acids is 2. The lowest BCUT2D eigenvalue weighted by atomic mass is 10.1. The molecule has 140 valence electrons. The summed E-state index contributed by atoms with van der Waals surface area (Å²) >= 11 is 6.19. The molecule has 3 rings (SSSR count). The average Bonchev–Trinajstić information content (AvgIpc) is 2.91. The number of benzene rings is 2. The van der Waals surface area contributed by atoms with E-state index in [1.54, 1.807) is 49.6 Å². The minimum absolute atomic E-state index is 0.0773. The predicted molar refractivity (Wildman–Crippen MR) is 101 cm³/mol. The van der Waals surface area contributed by atoms with Crippen LogP contribution in [0.5, 0.6) is 17.2 Å². The van der Waals surface area contributed by atoms with Gasteiger partial charge in [0, 0.05) is 0 Å². The van der Waals surface area contributed by atoms with E-state index in [0.29, 0.717) is 22.8 Å². The zero-order valence-electron chi connectivity index (χ0n) is 15.1. The second-order valence-corrected chi connectivity index (χ2v) is 6.18. The van der Waals surface area contributed by atoms with Crippen molar-refractivity contribution in [1.29, 1.82) is 0 Å². The highest BCUT2D eigenvalue weighted by Gasteiger charge is 2.38. The summed E-state index contributed by atoms with van der Waals surface area (Å²) in [7, 11) is 4.61. The predicted octanol–water partition coefficient (Wildman–Crippen LogP) is 3.23. The van der Waals surface area contributed by atoms with E-state index in [1.807, 2.05) is 0 Å². The first-order valence-corrected chi connectivity index (χ1v) is 8.49. The number of hydrogen-bond donors (Lipinski definition) is 0. The smallest absolute Gasteiger partial charge is 0.273 e. The van der Waals surface area contributed by atoms with Crippen LogP contribution in [0, 0.1) is 0 Å². The molecule has 0 aromatic heterocycles. The maximum atomic E-state index is 12.8. The number of imide groups is 1. The number of ether oxygens (including phenoxy) is 3. The van der Waals surface area contributed by atoms with Crippen LogP contribution in [-0.2, 0) is 16.1 Å². The van der Waals surface area contributed by atoms with Gasteiger partial charge in [-0.05, 0) is 35.4 Å². The molecule has 1 aliphatic heterocycles. The summed E-state index contributed by atoms with van der Waals surface area (Å²) in [4.78, 5) is 26.5. The minimum atomic E-state index is -0.526. The summed E-state index contributed by atoms with van der Waals surface area (Å²) in [5.41, 5.74) is 1.47. The van der Waals surface area contributed by atoms with E-state index in [1.165, 1.54) is 14.2 Å². The third-order valence-corrected chi connectivity index (χ3v) is 4.63. The molecule has 2 aromatic rings. The highest BCUT2D eigenvalue weighted by atomic mass is 35.5. The number of amides is 2. The Kier molecular flexibility index (Phi) is 5.37. The minimum Gasteiger partial charge on any atom is -0.497 e. The lowest BCUT2D eigenvalue weighted by Crippen LogP contribution is -2.30. The number of hydrogen-bond acceptors (Lipinski definition) is 5. The average molecular weight is 388 g/mol. The van der Waals surface area contributed by atoms with E-state index in [2.05, 4.69) is 0 Å². The molecule has 1 heterocycles. The van der Waals surface area contributed by atoms with Gasteiger partial charge in [0.1, 0.15) is 10.8 Å². The van der Waals surface area contributed by atoms with Crippen molar-refractivity contribution in [1.82, 2.24) is 4.90 Å². The summed E-state index contributed by atoms with van der Waals surface area (Å²) in [5, 5.41) is -0.0920. The highest BCUT2D eigenvalue weighted by Crippen LogP contribution is 2.34. The second kappa shape index (κ2) is 7.72. The molecule has 0 unspecified atom stereocenters. The van der Waals surface area contributed by atoms with Gasteiger partial charge in [-0.25, -0.2) is 0 Å². The third-order valence-electron chi connectivity index (χ3n) is 4.28. The first-order chi connectivity index (χ1) is 13.0. The normalized spacial score (nSPS) is 14.0. The van der Waals surface area contributed by atoms with Gasteiger partial charge in [0.25, 0.3) is 11.8 Å². The fourth-order valence-corrected chi connectivity index (χ4v) is 3.15. The Morgan fingerprint density at radius 2 is 1.52 bits per heavy atom. The fraction of sp³-hybridized carbons (Fsp3) is 0.200. The Labute approximate surface area is 161 Å². The van der Waals surface area contributed by atoms with Crippen LogP contribution in [0.3, 0.4) is 0 Å². The Morgan fingerprint density at radius 1 is 0.852 bits per heavy atom. The molecule has 0 radical (unpaired) electrons. The highest BCUT2D eigenvalue weighted by molar-refractivity contribution is 6.55. The molecular formula is C20H18ClNO5. The van der Waals surface area contributed by atoms with Crippen molar-refractivity contribution in [2.75, 3.05) is 21.3 Å². The Morgan fingerprint density at radius 3 is 2.11 bits per heavy atom. The van der Waals surface area contributed by atoms with Gasteiger partial charge in [-0.3, -0.25) is 14.5 Å². The number of rotatable bonds is 6. The van der Waals surface area contributed by atoms with Crippen LogP contribution in [0.2, 0.25) is 0 Å². The van der Waals surface area contributed by atoms with Crippen molar-refractivity contribution in [3.8, 4) is 17.2 Å². The Balaban J connectivity index is 1.87. The quantitative estimate of drug-likeness (QED) is 0.712. The van der Waals surface area contributed by atoms with Crippen molar-refractivity contribution in [2.45, 2.75) is 6.54 Å². The molecule has 0 aliphatic carbocycles. The van der Waals surface area contributed by atoms with Gasteiger partial charge >= 0.3 is 0 Å². The van der Waals surface area contributed by atoms with Crippen molar-refractivity contribution >= 4 is 29.0 Å². The van der Waals surface area contributed by atoms with E-state index in [9.17, 15) is 9.59 Å². The maximum absolute atomic E-state index is 12.8. The molecule has 7 heteroatoms. The second-order valence-electron chi connectivity index (χ2n) is 5.80. The number of methoxy groups -OCH3 is 3. The van der Waals surface area contributed by atoms with Gasteiger partial charge in [-0.1, -0.05) is 29.8 Å². The third kappa shape index (κ3) is 3.48. The lowest BCUT2D eigenvalue weighted by molar-refractivity contribution is -0.137. The SMILES string of the molecule is COc1ccc(C2=C(Cl)C(=O)N(Cc3ccc(OC)c(OC)c3)C2=O)cc1. The first-order valence-electron chi connectivity index (χ1n) is 8.11. The van der Waals surface area contributed by atoms with E-state index in [0.717, 1.165) is 10.5 Å². The molecule has 2 amide bonds. The molecule has 0 spiro atoms. The van der Waals surface area contributed by atoms with Gasteiger partial charge in [0.2, 0.25) is 0 Å².